The van der Waals surface area contributed by atoms with Crippen LogP contribution in [0.25, 0.3) is 66.1 Å². The van der Waals surface area contributed by atoms with Crippen molar-refractivity contribution in [2.24, 2.45) is 4.99 Å². The minimum absolute atomic E-state index is 0.104. The molecule has 0 radical (unpaired) electrons. The second-order valence-corrected chi connectivity index (χ2v) is 18.6. The van der Waals surface area contributed by atoms with E-state index in [9.17, 15) is 0 Å². The molecule has 2 N–H and O–H groups in total. The van der Waals surface area contributed by atoms with E-state index in [-0.39, 0.29) is 12.3 Å². The summed E-state index contributed by atoms with van der Waals surface area (Å²) in [7, 11) is 0. The third kappa shape index (κ3) is 6.31. The molecule has 11 aromatic rings. The molecule has 70 heavy (non-hydrogen) atoms. The molecule has 2 heterocycles. The quantitative estimate of drug-likeness (QED) is 0.164. The molecule has 0 saturated heterocycles. The third-order valence-electron chi connectivity index (χ3n) is 14.8. The van der Waals surface area contributed by atoms with Crippen LogP contribution in [-0.4, -0.2) is 5.84 Å². The summed E-state index contributed by atoms with van der Waals surface area (Å²) in [6.45, 7) is 0. The third-order valence-corrected chi connectivity index (χ3v) is 14.8. The molecule has 0 bridgehead atoms. The molecule has 2 atom stereocenters. The maximum absolute atomic E-state index is 6.78. The molecule has 0 fully saturated rings. The van der Waals surface area contributed by atoms with Crippen molar-refractivity contribution < 1.29 is 4.74 Å². The average molecular weight is 896 g/mol. The van der Waals surface area contributed by atoms with Crippen LogP contribution in [0.3, 0.4) is 0 Å². The monoisotopic (exact) mass is 895 g/mol. The van der Waals surface area contributed by atoms with Gasteiger partial charge in [0.1, 0.15) is 29.7 Å². The molecule has 1 aliphatic carbocycles. The van der Waals surface area contributed by atoms with Gasteiger partial charge < -0.3 is 10.1 Å². The Kier molecular flexibility index (Phi) is 9.29. The molecular weight excluding hydrogens is 851 g/mol. The zero-order valence-corrected chi connectivity index (χ0v) is 38.2. The van der Waals surface area contributed by atoms with Gasteiger partial charge in [-0.15, -0.1) is 0 Å². The zero-order chi connectivity index (χ0) is 46.2. The summed E-state index contributed by atoms with van der Waals surface area (Å²) >= 11 is 0. The van der Waals surface area contributed by atoms with E-state index in [1.54, 1.807) is 0 Å². The van der Waals surface area contributed by atoms with Crippen molar-refractivity contribution in [1.29, 1.82) is 0 Å². The number of amidine groups is 1. The Labute approximate surface area is 407 Å². The zero-order valence-electron chi connectivity index (χ0n) is 38.2. The van der Waals surface area contributed by atoms with Gasteiger partial charge in [0.25, 0.3) is 0 Å². The Balaban J connectivity index is 0.874. The molecule has 1 spiro atoms. The summed E-state index contributed by atoms with van der Waals surface area (Å²) in [4.78, 5) is 5.23. The number of nitrogens with one attached hydrogen (secondary N) is 2. The number of aliphatic imine (C=N–C) groups is 1. The normalized spacial score (nSPS) is 16.1. The highest BCUT2D eigenvalue weighted by molar-refractivity contribution is 6.19. The number of hydrogen-bond donors (Lipinski definition) is 2. The molecule has 2 unspecified atom stereocenters. The van der Waals surface area contributed by atoms with Gasteiger partial charge >= 0.3 is 0 Å². The molecule has 4 nitrogen and oxygen atoms in total. The number of rotatable bonds is 6. The first-order valence-corrected chi connectivity index (χ1v) is 24.2. The lowest BCUT2D eigenvalue weighted by atomic mass is 9.64. The SMILES string of the molecule is c1ccc(C2=NC(c3cccc(-c4cccc(-c5cccc(-c6ccc7c(c6)C6(c8ccccc8Oc8ccccc86)c6c-7c7ccccc7c7ccccc67)c5)c4)c3)NC(c3ccccc3)N2)cc1. The summed E-state index contributed by atoms with van der Waals surface area (Å²) in [5.74, 6) is 2.66. The van der Waals surface area contributed by atoms with E-state index in [2.05, 4.69) is 253 Å². The van der Waals surface area contributed by atoms with Crippen LogP contribution in [0.5, 0.6) is 11.5 Å². The van der Waals surface area contributed by atoms with Crippen LogP contribution in [0.15, 0.2) is 254 Å². The Morgan fingerprint density at radius 3 is 1.51 bits per heavy atom. The van der Waals surface area contributed by atoms with Crippen molar-refractivity contribution >= 4 is 27.4 Å². The first-order valence-electron chi connectivity index (χ1n) is 24.2. The fourth-order valence-corrected chi connectivity index (χ4v) is 11.7. The van der Waals surface area contributed by atoms with Gasteiger partial charge in [-0.2, -0.15) is 0 Å². The molecule has 0 amide bonds. The van der Waals surface area contributed by atoms with E-state index >= 15 is 0 Å². The maximum Gasteiger partial charge on any atom is 0.132 e. The first-order chi connectivity index (χ1) is 34.7. The highest BCUT2D eigenvalue weighted by Gasteiger charge is 2.52. The van der Waals surface area contributed by atoms with Crippen LogP contribution in [0.2, 0.25) is 0 Å². The van der Waals surface area contributed by atoms with E-state index in [0.717, 1.165) is 67.4 Å². The predicted octanol–water partition coefficient (Wildman–Crippen LogP) is 15.8. The van der Waals surface area contributed by atoms with Gasteiger partial charge in [0.05, 0.1) is 5.41 Å². The second kappa shape index (κ2) is 16.2. The molecule has 2 aliphatic heterocycles. The fraction of sp³-hybridized carbons (Fsp3) is 0.0455. The molecule has 11 aromatic carbocycles. The minimum atomic E-state index is -0.628. The van der Waals surface area contributed by atoms with E-state index in [1.165, 1.54) is 54.9 Å². The molecule has 330 valence electrons. The predicted molar refractivity (Wildman–Crippen MR) is 286 cm³/mol. The molecule has 14 rings (SSSR count). The number of hydrogen-bond acceptors (Lipinski definition) is 4. The molecule has 3 aliphatic rings. The summed E-state index contributed by atoms with van der Waals surface area (Å²) in [6.07, 6.45) is -0.353. The molecular formula is C66H45N3O. The highest BCUT2D eigenvalue weighted by Crippen LogP contribution is 2.65. The summed E-state index contributed by atoms with van der Waals surface area (Å²) < 4.78 is 6.78. The van der Waals surface area contributed by atoms with Crippen LogP contribution in [-0.2, 0) is 5.41 Å². The van der Waals surface area contributed by atoms with Crippen LogP contribution >= 0.6 is 0 Å². The largest absolute Gasteiger partial charge is 0.457 e. The van der Waals surface area contributed by atoms with Gasteiger partial charge in [-0.3, -0.25) is 5.32 Å². The smallest absolute Gasteiger partial charge is 0.132 e. The Bertz CT molecular complexity index is 3850. The van der Waals surface area contributed by atoms with Gasteiger partial charge in [0.2, 0.25) is 0 Å². The Morgan fingerprint density at radius 2 is 0.857 bits per heavy atom. The van der Waals surface area contributed by atoms with Gasteiger partial charge in [-0.1, -0.05) is 212 Å². The lowest BCUT2D eigenvalue weighted by Crippen LogP contribution is -2.44. The van der Waals surface area contributed by atoms with E-state index in [1.807, 2.05) is 6.07 Å². The molecule has 0 saturated carbocycles. The van der Waals surface area contributed by atoms with Crippen LogP contribution in [0.1, 0.15) is 51.3 Å². The van der Waals surface area contributed by atoms with E-state index in [0.29, 0.717) is 0 Å². The number of ether oxygens (including phenoxy) is 1. The summed E-state index contributed by atoms with van der Waals surface area (Å²) in [5.41, 5.74) is 17.1. The van der Waals surface area contributed by atoms with Gasteiger partial charge in [-0.25, -0.2) is 4.99 Å². The first kappa shape index (κ1) is 40.3. The summed E-state index contributed by atoms with van der Waals surface area (Å²) in [5, 5.41) is 12.5. The van der Waals surface area contributed by atoms with Crippen molar-refractivity contribution in [3.8, 4) is 56.0 Å². The van der Waals surface area contributed by atoms with Gasteiger partial charge in [0, 0.05) is 16.7 Å². The molecule has 0 aromatic heterocycles. The standard InChI is InChI=1S/C66H45N3O/c1-3-18-42(19-4-1)63-67-64(43-20-5-2-6-21-43)69-65(68-63)50-27-17-26-48(40-50)46-24-15-22-44(38-46)45-23-16-25-47(39-45)49-36-37-55-58(41-49)66(56-32-11-13-34-59(56)70-60-35-14-12-33-57(60)66)62-54-31-10-8-29-52(54)51-28-7-9-30-53(51)61(55)62/h1-41,63,65,68H,(H,67,69). The van der Waals surface area contributed by atoms with E-state index in [4.69, 9.17) is 9.73 Å². The number of nitrogens with zero attached hydrogens (tertiary/aromatic N) is 1. The van der Waals surface area contributed by atoms with Gasteiger partial charge in [-0.05, 0) is 125 Å². The van der Waals surface area contributed by atoms with Crippen molar-refractivity contribution in [2.75, 3.05) is 0 Å². The lowest BCUT2D eigenvalue weighted by molar-refractivity contribution is 0.409. The lowest BCUT2D eigenvalue weighted by Gasteiger charge is -2.40. The van der Waals surface area contributed by atoms with Crippen molar-refractivity contribution in [2.45, 2.75) is 17.7 Å². The Morgan fingerprint density at radius 1 is 0.371 bits per heavy atom. The number of fused-ring (bicyclic) bond motifs is 14. The number of para-hydroxylation sites is 2. The van der Waals surface area contributed by atoms with Crippen molar-refractivity contribution in [3.05, 3.63) is 288 Å². The topological polar surface area (TPSA) is 45.6 Å². The molecule has 4 heteroatoms. The minimum Gasteiger partial charge on any atom is -0.457 e. The fourth-order valence-electron chi connectivity index (χ4n) is 11.7. The van der Waals surface area contributed by atoms with Crippen molar-refractivity contribution in [1.82, 2.24) is 10.6 Å². The Hall–Kier alpha value is -8.83. The summed E-state index contributed by atoms with van der Waals surface area (Å²) in [6, 6.07) is 90.1. The van der Waals surface area contributed by atoms with Crippen molar-refractivity contribution in [3.63, 3.8) is 0 Å². The highest BCUT2D eigenvalue weighted by atomic mass is 16.5. The average Bonchev–Trinajstić information content (AvgIpc) is 3.75. The van der Waals surface area contributed by atoms with Crippen LogP contribution in [0, 0.1) is 0 Å². The van der Waals surface area contributed by atoms with E-state index < -0.39 is 5.41 Å². The van der Waals surface area contributed by atoms with Crippen LogP contribution in [0.4, 0.5) is 0 Å². The maximum atomic E-state index is 6.78. The second-order valence-electron chi connectivity index (χ2n) is 18.6. The van der Waals surface area contributed by atoms with Gasteiger partial charge in [0.15, 0.2) is 0 Å². The van der Waals surface area contributed by atoms with Crippen LogP contribution < -0.4 is 15.4 Å². The number of benzene rings is 11.